The SMILES string of the molecule is Cn1c(CO)cc2cc(NC(=O)c3ccc(Br)cc3)ccc21. The molecule has 2 N–H and O–H groups in total. The summed E-state index contributed by atoms with van der Waals surface area (Å²) in [6, 6.07) is 14.8. The molecule has 0 unspecified atom stereocenters. The fraction of sp³-hybridized carbons (Fsp3) is 0.118. The van der Waals surface area contributed by atoms with Crippen molar-refractivity contribution >= 4 is 38.4 Å². The summed E-state index contributed by atoms with van der Waals surface area (Å²) in [5.74, 6) is -0.148. The number of anilines is 1. The van der Waals surface area contributed by atoms with E-state index in [-0.39, 0.29) is 12.5 Å². The normalized spacial score (nSPS) is 10.9. The standard InChI is InChI=1S/C17H15BrN2O2/c1-20-15(10-21)9-12-8-14(6-7-16(12)20)19-17(22)11-2-4-13(18)5-3-11/h2-9,21H,10H2,1H3,(H,19,22). The summed E-state index contributed by atoms with van der Waals surface area (Å²) >= 11 is 3.35. The lowest BCUT2D eigenvalue weighted by atomic mass is 10.2. The summed E-state index contributed by atoms with van der Waals surface area (Å²) in [5.41, 5.74) is 3.19. The number of halogens is 1. The van der Waals surface area contributed by atoms with E-state index in [9.17, 15) is 9.90 Å². The Balaban J connectivity index is 1.87. The van der Waals surface area contributed by atoms with Crippen LogP contribution in [0, 0.1) is 0 Å². The van der Waals surface area contributed by atoms with Crippen LogP contribution in [0.5, 0.6) is 0 Å². The first-order valence-corrected chi connectivity index (χ1v) is 7.64. The second kappa shape index (κ2) is 5.94. The topological polar surface area (TPSA) is 54.3 Å². The molecule has 0 spiro atoms. The van der Waals surface area contributed by atoms with Crippen molar-refractivity contribution in [3.63, 3.8) is 0 Å². The molecule has 1 heterocycles. The number of aliphatic hydroxyl groups excluding tert-OH is 1. The third-order valence-electron chi connectivity index (χ3n) is 3.67. The van der Waals surface area contributed by atoms with Gasteiger partial charge in [0.05, 0.1) is 6.61 Å². The number of nitrogens with one attached hydrogen (secondary N) is 1. The molecule has 0 atom stereocenters. The quantitative estimate of drug-likeness (QED) is 0.750. The molecule has 0 saturated heterocycles. The van der Waals surface area contributed by atoms with Gasteiger partial charge in [0.2, 0.25) is 0 Å². The van der Waals surface area contributed by atoms with Crippen LogP contribution in [-0.2, 0) is 13.7 Å². The zero-order valence-electron chi connectivity index (χ0n) is 12.0. The van der Waals surface area contributed by atoms with Crippen molar-refractivity contribution in [3.05, 3.63) is 64.3 Å². The Morgan fingerprint density at radius 3 is 2.59 bits per heavy atom. The zero-order chi connectivity index (χ0) is 15.7. The average molecular weight is 359 g/mol. The largest absolute Gasteiger partial charge is 0.390 e. The van der Waals surface area contributed by atoms with Crippen molar-refractivity contribution in [2.24, 2.45) is 7.05 Å². The molecular weight excluding hydrogens is 344 g/mol. The Hall–Kier alpha value is -2.11. The van der Waals surface area contributed by atoms with Crippen molar-refractivity contribution in [2.45, 2.75) is 6.61 Å². The summed E-state index contributed by atoms with van der Waals surface area (Å²) in [6.45, 7) is -0.00817. The molecule has 22 heavy (non-hydrogen) atoms. The highest BCUT2D eigenvalue weighted by molar-refractivity contribution is 9.10. The molecule has 3 rings (SSSR count). The van der Waals surface area contributed by atoms with Gasteiger partial charge in [-0.3, -0.25) is 4.79 Å². The first kappa shape index (κ1) is 14.8. The van der Waals surface area contributed by atoms with E-state index >= 15 is 0 Å². The second-order valence-corrected chi connectivity index (χ2v) is 6.00. The molecule has 2 aromatic carbocycles. The van der Waals surface area contributed by atoms with Crippen LogP contribution in [-0.4, -0.2) is 15.6 Å². The molecule has 0 aliphatic carbocycles. The number of benzene rings is 2. The van der Waals surface area contributed by atoms with Gasteiger partial charge in [-0.1, -0.05) is 15.9 Å². The van der Waals surface area contributed by atoms with Crippen LogP contribution in [0.25, 0.3) is 10.9 Å². The van der Waals surface area contributed by atoms with Crippen LogP contribution < -0.4 is 5.32 Å². The number of amides is 1. The van der Waals surface area contributed by atoms with Gasteiger partial charge in [0.1, 0.15) is 0 Å². The van der Waals surface area contributed by atoms with Crippen LogP contribution in [0.4, 0.5) is 5.69 Å². The van der Waals surface area contributed by atoms with Crippen LogP contribution in [0.1, 0.15) is 16.1 Å². The number of hydrogen-bond donors (Lipinski definition) is 2. The Morgan fingerprint density at radius 1 is 1.18 bits per heavy atom. The minimum absolute atomic E-state index is 0.00817. The third-order valence-corrected chi connectivity index (χ3v) is 4.20. The predicted octanol–water partition coefficient (Wildman–Crippen LogP) is 3.69. The van der Waals surface area contributed by atoms with Crippen molar-refractivity contribution in [1.29, 1.82) is 0 Å². The Kier molecular flexibility index (Phi) is 4.00. The molecule has 1 aromatic heterocycles. The van der Waals surface area contributed by atoms with E-state index in [1.54, 1.807) is 12.1 Å². The molecule has 0 saturated carbocycles. The van der Waals surface area contributed by atoms with Gasteiger partial charge >= 0.3 is 0 Å². The molecule has 0 aliphatic rings. The minimum Gasteiger partial charge on any atom is -0.390 e. The van der Waals surface area contributed by atoms with Crippen LogP contribution in [0.2, 0.25) is 0 Å². The van der Waals surface area contributed by atoms with Gasteiger partial charge in [0, 0.05) is 39.4 Å². The van der Waals surface area contributed by atoms with Gasteiger partial charge < -0.3 is 15.0 Å². The Morgan fingerprint density at radius 2 is 1.91 bits per heavy atom. The van der Waals surface area contributed by atoms with Crippen LogP contribution in [0.15, 0.2) is 53.0 Å². The summed E-state index contributed by atoms with van der Waals surface area (Å²) in [7, 11) is 1.91. The lowest BCUT2D eigenvalue weighted by Crippen LogP contribution is -2.11. The summed E-state index contributed by atoms with van der Waals surface area (Å²) in [5, 5.41) is 13.2. The minimum atomic E-state index is -0.148. The number of fused-ring (bicyclic) bond motifs is 1. The van der Waals surface area contributed by atoms with Gasteiger partial charge in [-0.15, -0.1) is 0 Å². The molecular formula is C17H15BrN2O2. The molecule has 0 fully saturated rings. The molecule has 0 radical (unpaired) electrons. The summed E-state index contributed by atoms with van der Waals surface area (Å²) in [4.78, 5) is 12.2. The van der Waals surface area contributed by atoms with E-state index in [1.807, 2.05) is 48.0 Å². The van der Waals surface area contributed by atoms with E-state index in [2.05, 4.69) is 21.2 Å². The maximum absolute atomic E-state index is 12.2. The first-order valence-electron chi connectivity index (χ1n) is 6.84. The van der Waals surface area contributed by atoms with Crippen LogP contribution in [0.3, 0.4) is 0 Å². The summed E-state index contributed by atoms with van der Waals surface area (Å²) in [6.07, 6.45) is 0. The number of carbonyl (C=O) groups is 1. The van der Waals surface area contributed by atoms with Gasteiger partial charge in [0.25, 0.3) is 5.91 Å². The van der Waals surface area contributed by atoms with Crippen molar-refractivity contribution in [2.75, 3.05) is 5.32 Å². The average Bonchev–Trinajstić information content (AvgIpc) is 2.83. The maximum Gasteiger partial charge on any atom is 0.255 e. The van der Waals surface area contributed by atoms with Gasteiger partial charge in [-0.05, 0) is 48.5 Å². The number of aromatic nitrogens is 1. The third kappa shape index (κ3) is 2.77. The maximum atomic E-state index is 12.2. The van der Waals surface area contributed by atoms with Gasteiger partial charge in [-0.2, -0.15) is 0 Å². The number of rotatable bonds is 3. The Bertz CT molecular complexity index is 838. The highest BCUT2D eigenvalue weighted by Crippen LogP contribution is 2.23. The fourth-order valence-electron chi connectivity index (χ4n) is 2.44. The number of aliphatic hydroxyl groups is 1. The summed E-state index contributed by atoms with van der Waals surface area (Å²) < 4.78 is 2.88. The monoisotopic (exact) mass is 358 g/mol. The van der Waals surface area contributed by atoms with E-state index in [0.717, 1.165) is 26.8 Å². The van der Waals surface area contributed by atoms with Crippen molar-refractivity contribution in [3.8, 4) is 0 Å². The van der Waals surface area contributed by atoms with Crippen molar-refractivity contribution in [1.82, 2.24) is 4.57 Å². The highest BCUT2D eigenvalue weighted by atomic mass is 79.9. The number of nitrogens with zero attached hydrogens (tertiary/aromatic N) is 1. The molecule has 0 bridgehead atoms. The fourth-order valence-corrected chi connectivity index (χ4v) is 2.70. The number of hydrogen-bond acceptors (Lipinski definition) is 2. The van der Waals surface area contributed by atoms with Crippen LogP contribution >= 0.6 is 15.9 Å². The van der Waals surface area contributed by atoms with E-state index in [0.29, 0.717) is 5.56 Å². The van der Waals surface area contributed by atoms with E-state index < -0.39 is 0 Å². The van der Waals surface area contributed by atoms with E-state index in [4.69, 9.17) is 0 Å². The second-order valence-electron chi connectivity index (χ2n) is 5.09. The molecule has 1 amide bonds. The lowest BCUT2D eigenvalue weighted by Gasteiger charge is -2.06. The smallest absolute Gasteiger partial charge is 0.255 e. The molecule has 0 aliphatic heterocycles. The Labute approximate surface area is 136 Å². The molecule has 4 nitrogen and oxygen atoms in total. The highest BCUT2D eigenvalue weighted by Gasteiger charge is 2.09. The van der Waals surface area contributed by atoms with Gasteiger partial charge in [-0.25, -0.2) is 0 Å². The molecule has 5 heteroatoms. The number of carbonyl (C=O) groups excluding carboxylic acids is 1. The molecule has 112 valence electrons. The molecule has 3 aromatic rings. The van der Waals surface area contributed by atoms with E-state index in [1.165, 1.54) is 0 Å². The first-order chi connectivity index (χ1) is 10.6. The predicted molar refractivity (Wildman–Crippen MR) is 90.9 cm³/mol. The van der Waals surface area contributed by atoms with Crippen molar-refractivity contribution < 1.29 is 9.90 Å². The van der Waals surface area contributed by atoms with Gasteiger partial charge in [0.15, 0.2) is 0 Å². The zero-order valence-corrected chi connectivity index (χ0v) is 13.6. The number of aryl methyl sites for hydroxylation is 1. The lowest BCUT2D eigenvalue weighted by molar-refractivity contribution is 0.102.